The van der Waals surface area contributed by atoms with E-state index < -0.39 is 11.7 Å². The van der Waals surface area contributed by atoms with Gasteiger partial charge in [-0.3, -0.25) is 0 Å². The molecule has 4 nitrogen and oxygen atoms in total. The first-order chi connectivity index (χ1) is 6.52. The van der Waals surface area contributed by atoms with Crippen molar-refractivity contribution in [3.05, 3.63) is 0 Å². The second-order valence-electron chi connectivity index (χ2n) is 4.05. The van der Waals surface area contributed by atoms with Gasteiger partial charge in [0.05, 0.1) is 11.7 Å². The lowest BCUT2D eigenvalue weighted by Crippen LogP contribution is -2.31. The van der Waals surface area contributed by atoms with E-state index in [-0.39, 0.29) is 26.1 Å². The fraction of sp³-hybridized carbons (Fsp3) is 1.00. The molecule has 0 fully saturated rings. The highest BCUT2D eigenvalue weighted by Gasteiger charge is 2.23. The zero-order valence-electron chi connectivity index (χ0n) is 8.82. The van der Waals surface area contributed by atoms with Gasteiger partial charge >= 0.3 is 0 Å². The summed E-state index contributed by atoms with van der Waals surface area (Å²) in [4.78, 5) is 0. The molecule has 0 amide bonds. The van der Waals surface area contributed by atoms with Gasteiger partial charge in [0.15, 0.2) is 0 Å². The van der Waals surface area contributed by atoms with Crippen LogP contribution >= 0.6 is 0 Å². The molecule has 0 aromatic rings. The molecular weight excluding hydrogens is 184 g/mol. The smallest absolute Gasteiger partial charge is 0.0666 e. The van der Waals surface area contributed by atoms with Gasteiger partial charge in [0.1, 0.15) is 0 Å². The highest BCUT2D eigenvalue weighted by atomic mass is 16.3. The minimum Gasteiger partial charge on any atom is -0.396 e. The fourth-order valence-electron chi connectivity index (χ4n) is 1.44. The topological polar surface area (TPSA) is 80.9 Å². The Morgan fingerprint density at radius 3 is 2.29 bits per heavy atom. The lowest BCUT2D eigenvalue weighted by atomic mass is 9.93. The van der Waals surface area contributed by atoms with Crippen molar-refractivity contribution < 1.29 is 20.4 Å². The zero-order chi connectivity index (χ0) is 11.0. The van der Waals surface area contributed by atoms with E-state index in [1.165, 1.54) is 0 Å². The van der Waals surface area contributed by atoms with E-state index in [2.05, 4.69) is 0 Å². The standard InChI is InChI=1S/C10H22O4/c1-10(14,5-7-12)8-9(13)4-2-3-6-11/h9,11-14H,2-8H2,1H3. The normalized spacial score (nSPS) is 17.8. The highest BCUT2D eigenvalue weighted by molar-refractivity contribution is 4.76. The van der Waals surface area contributed by atoms with Gasteiger partial charge < -0.3 is 20.4 Å². The van der Waals surface area contributed by atoms with E-state index in [4.69, 9.17) is 10.2 Å². The molecular formula is C10H22O4. The number of hydrogen-bond acceptors (Lipinski definition) is 4. The molecule has 4 N–H and O–H groups in total. The van der Waals surface area contributed by atoms with E-state index in [9.17, 15) is 10.2 Å². The second-order valence-corrected chi connectivity index (χ2v) is 4.05. The molecule has 0 heterocycles. The van der Waals surface area contributed by atoms with Crippen LogP contribution < -0.4 is 0 Å². The first-order valence-corrected chi connectivity index (χ1v) is 5.14. The molecule has 0 radical (unpaired) electrons. The van der Waals surface area contributed by atoms with Crippen LogP contribution in [0, 0.1) is 0 Å². The van der Waals surface area contributed by atoms with Crippen molar-refractivity contribution in [2.75, 3.05) is 13.2 Å². The maximum atomic E-state index is 9.67. The summed E-state index contributed by atoms with van der Waals surface area (Å²) in [7, 11) is 0. The Morgan fingerprint density at radius 1 is 1.14 bits per heavy atom. The Balaban J connectivity index is 3.63. The molecule has 0 aliphatic heterocycles. The lowest BCUT2D eigenvalue weighted by Gasteiger charge is -2.25. The van der Waals surface area contributed by atoms with E-state index in [1.807, 2.05) is 0 Å². The zero-order valence-corrected chi connectivity index (χ0v) is 8.82. The molecule has 2 unspecified atom stereocenters. The van der Waals surface area contributed by atoms with Crippen LogP contribution in [-0.4, -0.2) is 45.3 Å². The lowest BCUT2D eigenvalue weighted by molar-refractivity contribution is -0.0154. The average molecular weight is 206 g/mol. The first kappa shape index (κ1) is 13.8. The largest absolute Gasteiger partial charge is 0.396 e. The Hall–Kier alpha value is -0.160. The van der Waals surface area contributed by atoms with Gasteiger partial charge in [0.25, 0.3) is 0 Å². The van der Waals surface area contributed by atoms with Crippen molar-refractivity contribution in [2.45, 2.75) is 50.7 Å². The van der Waals surface area contributed by atoms with Gasteiger partial charge in [-0.1, -0.05) is 0 Å². The van der Waals surface area contributed by atoms with Crippen molar-refractivity contribution in [3.63, 3.8) is 0 Å². The fourth-order valence-corrected chi connectivity index (χ4v) is 1.44. The summed E-state index contributed by atoms with van der Waals surface area (Å²) in [5.41, 5.74) is -0.993. The van der Waals surface area contributed by atoms with Crippen molar-refractivity contribution >= 4 is 0 Å². The first-order valence-electron chi connectivity index (χ1n) is 5.14. The summed E-state index contributed by atoms with van der Waals surface area (Å²) < 4.78 is 0. The molecule has 0 aromatic carbocycles. The van der Waals surface area contributed by atoms with Gasteiger partial charge in [-0.2, -0.15) is 0 Å². The predicted octanol–water partition coefficient (Wildman–Crippen LogP) is 0.0334. The number of aliphatic hydroxyl groups is 4. The van der Waals surface area contributed by atoms with Crippen LogP contribution in [0.15, 0.2) is 0 Å². The van der Waals surface area contributed by atoms with Gasteiger partial charge in [-0.25, -0.2) is 0 Å². The molecule has 86 valence electrons. The van der Waals surface area contributed by atoms with Crippen molar-refractivity contribution in [3.8, 4) is 0 Å². The molecule has 0 bridgehead atoms. The summed E-state index contributed by atoms with van der Waals surface area (Å²) >= 11 is 0. The predicted molar refractivity (Wildman–Crippen MR) is 53.9 cm³/mol. The number of rotatable bonds is 8. The molecule has 0 aliphatic carbocycles. The monoisotopic (exact) mass is 206 g/mol. The van der Waals surface area contributed by atoms with Crippen LogP contribution in [0.25, 0.3) is 0 Å². The molecule has 0 saturated carbocycles. The molecule has 0 saturated heterocycles. The number of aliphatic hydroxyl groups excluding tert-OH is 3. The summed E-state index contributed by atoms with van der Waals surface area (Å²) in [6, 6.07) is 0. The van der Waals surface area contributed by atoms with Gasteiger partial charge in [-0.15, -0.1) is 0 Å². The van der Waals surface area contributed by atoms with Gasteiger partial charge in [0.2, 0.25) is 0 Å². The summed E-state index contributed by atoms with van der Waals surface area (Å²) in [6.45, 7) is 1.68. The molecule has 14 heavy (non-hydrogen) atoms. The van der Waals surface area contributed by atoms with Crippen LogP contribution in [0.3, 0.4) is 0 Å². The van der Waals surface area contributed by atoms with Gasteiger partial charge in [0, 0.05) is 19.6 Å². The quantitative estimate of drug-likeness (QED) is 0.422. The van der Waals surface area contributed by atoms with E-state index in [1.54, 1.807) is 6.92 Å². The van der Waals surface area contributed by atoms with E-state index >= 15 is 0 Å². The van der Waals surface area contributed by atoms with Crippen molar-refractivity contribution in [1.29, 1.82) is 0 Å². The third-order valence-electron chi connectivity index (χ3n) is 2.27. The van der Waals surface area contributed by atoms with Crippen LogP contribution in [0.2, 0.25) is 0 Å². The van der Waals surface area contributed by atoms with Crippen LogP contribution in [-0.2, 0) is 0 Å². The van der Waals surface area contributed by atoms with Crippen molar-refractivity contribution in [2.24, 2.45) is 0 Å². The van der Waals surface area contributed by atoms with Crippen LogP contribution in [0.4, 0.5) is 0 Å². The average Bonchev–Trinajstić information content (AvgIpc) is 2.03. The Morgan fingerprint density at radius 2 is 1.79 bits per heavy atom. The Bertz CT molecular complexity index is 136. The third-order valence-corrected chi connectivity index (χ3v) is 2.27. The molecule has 0 aliphatic rings. The third kappa shape index (κ3) is 7.26. The van der Waals surface area contributed by atoms with Gasteiger partial charge in [-0.05, 0) is 32.6 Å². The molecule has 4 heteroatoms. The summed E-state index contributed by atoms with van der Waals surface area (Å²) in [5, 5.41) is 36.4. The minimum absolute atomic E-state index is 0.0731. The number of hydrogen-bond donors (Lipinski definition) is 4. The van der Waals surface area contributed by atoms with E-state index in [0.29, 0.717) is 12.8 Å². The van der Waals surface area contributed by atoms with Crippen LogP contribution in [0.5, 0.6) is 0 Å². The van der Waals surface area contributed by atoms with Crippen LogP contribution in [0.1, 0.15) is 39.0 Å². The van der Waals surface area contributed by atoms with Crippen molar-refractivity contribution in [1.82, 2.24) is 0 Å². The summed E-state index contributed by atoms with van der Waals surface area (Å²) in [6.07, 6.45) is 2.03. The second kappa shape index (κ2) is 7.17. The molecule has 2 atom stereocenters. The molecule has 0 rings (SSSR count). The van der Waals surface area contributed by atoms with E-state index in [0.717, 1.165) is 6.42 Å². The molecule has 0 aromatic heterocycles. The minimum atomic E-state index is -0.993. The maximum Gasteiger partial charge on any atom is 0.0666 e. The summed E-state index contributed by atoms with van der Waals surface area (Å²) in [5.74, 6) is 0. The SMILES string of the molecule is CC(O)(CCO)CC(O)CCCCO. The highest BCUT2D eigenvalue weighted by Crippen LogP contribution is 2.18. The molecule has 0 spiro atoms. The number of unbranched alkanes of at least 4 members (excludes halogenated alkanes) is 1. The Labute approximate surface area is 85.2 Å². The maximum absolute atomic E-state index is 9.67. The Kier molecular flexibility index (Phi) is 7.09.